The van der Waals surface area contributed by atoms with E-state index in [1.165, 1.54) is 4.68 Å². The maximum absolute atomic E-state index is 12.9. The van der Waals surface area contributed by atoms with Gasteiger partial charge in [-0.05, 0) is 37.1 Å². The molecule has 0 unspecified atom stereocenters. The summed E-state index contributed by atoms with van der Waals surface area (Å²) in [5.74, 6) is 1.02. The monoisotopic (exact) mass is 449 g/mol. The van der Waals surface area contributed by atoms with Crippen LogP contribution in [-0.4, -0.2) is 64.2 Å². The first-order valence-electron chi connectivity index (χ1n) is 11.1. The number of hydrogen-bond donors (Lipinski definition) is 3. The van der Waals surface area contributed by atoms with Crippen LogP contribution in [0, 0.1) is 6.92 Å². The van der Waals surface area contributed by atoms with Gasteiger partial charge in [-0.3, -0.25) is 9.69 Å². The summed E-state index contributed by atoms with van der Waals surface area (Å²) < 4.78 is 12.8. The molecule has 1 aliphatic rings. The molecule has 0 aliphatic carbocycles. The average Bonchev–Trinajstić information content (AvgIpc) is 3.16. The number of H-pyrrole nitrogens is 1. The van der Waals surface area contributed by atoms with Crippen molar-refractivity contribution in [2.24, 2.45) is 0 Å². The van der Waals surface area contributed by atoms with Crippen LogP contribution in [0.2, 0.25) is 0 Å². The largest absolute Gasteiger partial charge is 0.508 e. The van der Waals surface area contributed by atoms with Gasteiger partial charge in [-0.25, -0.2) is 4.68 Å². The molecule has 9 nitrogen and oxygen atoms in total. The zero-order valence-corrected chi connectivity index (χ0v) is 18.5. The highest BCUT2D eigenvalue weighted by atomic mass is 16.5. The van der Waals surface area contributed by atoms with Crippen LogP contribution in [-0.2, 0) is 4.74 Å². The number of nitrogens with zero attached hydrogens (tertiary/aromatic N) is 3. The molecule has 4 aromatic rings. The van der Waals surface area contributed by atoms with Gasteiger partial charge in [-0.2, -0.15) is 5.10 Å². The number of pyridine rings is 1. The van der Waals surface area contributed by atoms with Gasteiger partial charge in [0.2, 0.25) is 0 Å². The Labute approximate surface area is 190 Å². The van der Waals surface area contributed by atoms with Crippen LogP contribution in [0.15, 0.2) is 41.2 Å². The minimum absolute atomic E-state index is 0.101. The van der Waals surface area contributed by atoms with Crippen molar-refractivity contribution in [1.29, 1.82) is 0 Å². The highest BCUT2D eigenvalue weighted by molar-refractivity contribution is 6.07. The average molecular weight is 450 g/mol. The molecule has 0 amide bonds. The number of aromatic hydroxyl groups is 1. The second kappa shape index (κ2) is 8.76. The van der Waals surface area contributed by atoms with Crippen LogP contribution in [0.4, 0.5) is 5.82 Å². The summed E-state index contributed by atoms with van der Waals surface area (Å²) in [7, 11) is 0. The Bertz CT molecular complexity index is 1370. The summed E-state index contributed by atoms with van der Waals surface area (Å²) in [4.78, 5) is 18.1. The van der Waals surface area contributed by atoms with Crippen LogP contribution >= 0.6 is 0 Å². The van der Waals surface area contributed by atoms with Crippen molar-refractivity contribution in [3.8, 4) is 17.2 Å². The number of rotatable bonds is 6. The molecular weight excluding hydrogens is 422 g/mol. The highest BCUT2D eigenvalue weighted by Gasteiger charge is 2.18. The predicted octanol–water partition coefficient (Wildman–Crippen LogP) is 2.56. The maximum Gasteiger partial charge on any atom is 0.261 e. The quantitative estimate of drug-likeness (QED) is 0.387. The van der Waals surface area contributed by atoms with Gasteiger partial charge in [0, 0.05) is 37.2 Å². The molecule has 1 aliphatic heterocycles. The van der Waals surface area contributed by atoms with E-state index >= 15 is 0 Å². The number of aromatic amines is 1. The molecule has 3 heterocycles. The minimum atomic E-state index is -0.316. The number of fused-ring (bicyclic) bond motifs is 3. The number of benzene rings is 2. The van der Waals surface area contributed by atoms with Gasteiger partial charge >= 0.3 is 0 Å². The second-order valence-electron chi connectivity index (χ2n) is 8.31. The topological polar surface area (TPSA) is 119 Å². The van der Waals surface area contributed by atoms with Crippen LogP contribution in [0.25, 0.3) is 27.5 Å². The molecule has 4 N–H and O–H groups in total. The molecule has 0 bridgehead atoms. The van der Waals surface area contributed by atoms with E-state index in [2.05, 4.69) is 15.0 Å². The fraction of sp³-hybridized carbons (Fsp3) is 0.333. The molecule has 2 aromatic carbocycles. The summed E-state index contributed by atoms with van der Waals surface area (Å²) in [5, 5.41) is 15.6. The van der Waals surface area contributed by atoms with E-state index in [4.69, 9.17) is 15.2 Å². The normalized spacial score (nSPS) is 14.8. The van der Waals surface area contributed by atoms with Gasteiger partial charge in [-0.1, -0.05) is 6.07 Å². The van der Waals surface area contributed by atoms with E-state index in [-0.39, 0.29) is 17.1 Å². The molecule has 5 rings (SSSR count). The number of phenols is 1. The van der Waals surface area contributed by atoms with Crippen molar-refractivity contribution in [3.05, 3.63) is 52.3 Å². The van der Waals surface area contributed by atoms with Gasteiger partial charge < -0.3 is 25.3 Å². The van der Waals surface area contributed by atoms with Crippen molar-refractivity contribution >= 4 is 27.6 Å². The SMILES string of the molecule is Cc1ccc(O)cc1-n1nc2c(c1N)c(=O)[nH]c1cc(OCCCN3CCOCC3)ccc12. The third-order valence-electron chi connectivity index (χ3n) is 6.05. The number of morpholine rings is 1. The maximum atomic E-state index is 12.9. The third-order valence-corrected chi connectivity index (χ3v) is 6.05. The van der Waals surface area contributed by atoms with Crippen molar-refractivity contribution in [2.75, 3.05) is 45.2 Å². The molecule has 9 heteroatoms. The van der Waals surface area contributed by atoms with Gasteiger partial charge in [0.05, 0.1) is 31.0 Å². The van der Waals surface area contributed by atoms with Gasteiger partial charge in [-0.15, -0.1) is 0 Å². The standard InChI is InChI=1S/C24H27N5O4/c1-15-3-4-16(30)13-20(15)29-23(25)21-22(27-29)18-6-5-17(14-19(18)26-24(21)31)33-10-2-7-28-8-11-32-12-9-28/h3-6,13-14,30H,2,7-12,25H2,1H3,(H,26,31). The summed E-state index contributed by atoms with van der Waals surface area (Å²) in [6.07, 6.45) is 0.914. The number of phenolic OH excluding ortho intramolecular Hbond substituents is 1. The number of nitrogen functional groups attached to an aromatic ring is 1. The second-order valence-corrected chi connectivity index (χ2v) is 8.31. The van der Waals surface area contributed by atoms with Crippen LogP contribution in [0.1, 0.15) is 12.0 Å². The first-order chi connectivity index (χ1) is 16.0. The number of hydrogen-bond acceptors (Lipinski definition) is 7. The van der Waals surface area contributed by atoms with E-state index in [9.17, 15) is 9.90 Å². The van der Waals surface area contributed by atoms with Gasteiger partial charge in [0.1, 0.15) is 28.2 Å². The number of ether oxygens (including phenoxy) is 2. The summed E-state index contributed by atoms with van der Waals surface area (Å²) >= 11 is 0. The fourth-order valence-electron chi connectivity index (χ4n) is 4.26. The Morgan fingerprint density at radius 3 is 2.85 bits per heavy atom. The Kier molecular flexibility index (Phi) is 5.65. The predicted molar refractivity (Wildman–Crippen MR) is 127 cm³/mol. The minimum Gasteiger partial charge on any atom is -0.508 e. The van der Waals surface area contributed by atoms with Crippen LogP contribution in [0.5, 0.6) is 11.5 Å². The lowest BCUT2D eigenvalue weighted by atomic mass is 10.1. The van der Waals surface area contributed by atoms with E-state index in [1.807, 2.05) is 25.1 Å². The van der Waals surface area contributed by atoms with Crippen molar-refractivity contribution < 1.29 is 14.6 Å². The van der Waals surface area contributed by atoms with Crippen LogP contribution in [0.3, 0.4) is 0 Å². The van der Waals surface area contributed by atoms with E-state index < -0.39 is 0 Å². The molecule has 0 radical (unpaired) electrons. The number of anilines is 1. The number of nitrogens with one attached hydrogen (secondary N) is 1. The Balaban J connectivity index is 1.42. The van der Waals surface area contributed by atoms with E-state index in [0.717, 1.165) is 50.2 Å². The zero-order chi connectivity index (χ0) is 22.9. The van der Waals surface area contributed by atoms with Crippen molar-refractivity contribution in [1.82, 2.24) is 19.7 Å². The van der Waals surface area contributed by atoms with Gasteiger partial charge in [0.25, 0.3) is 5.56 Å². The fourth-order valence-corrected chi connectivity index (χ4v) is 4.26. The van der Waals surface area contributed by atoms with Crippen molar-refractivity contribution in [2.45, 2.75) is 13.3 Å². The smallest absolute Gasteiger partial charge is 0.261 e. The van der Waals surface area contributed by atoms with E-state index in [0.29, 0.717) is 34.5 Å². The summed E-state index contributed by atoms with van der Waals surface area (Å²) in [6.45, 7) is 6.96. The lowest BCUT2D eigenvalue weighted by molar-refractivity contribution is 0.0358. The molecule has 172 valence electrons. The number of aryl methyl sites for hydroxylation is 1. The summed E-state index contributed by atoms with van der Waals surface area (Å²) in [5.41, 5.74) is 8.64. The van der Waals surface area contributed by atoms with Gasteiger partial charge in [0.15, 0.2) is 0 Å². The molecule has 2 aromatic heterocycles. The molecule has 0 atom stereocenters. The number of nitrogens with two attached hydrogens (primary N) is 1. The molecule has 0 spiro atoms. The molecule has 1 saturated heterocycles. The Morgan fingerprint density at radius 1 is 1.21 bits per heavy atom. The zero-order valence-electron chi connectivity index (χ0n) is 18.5. The third kappa shape index (κ3) is 4.12. The van der Waals surface area contributed by atoms with Crippen molar-refractivity contribution in [3.63, 3.8) is 0 Å². The molecule has 1 fully saturated rings. The number of aromatic nitrogens is 3. The first kappa shape index (κ1) is 21.3. The molecular formula is C24H27N5O4. The lowest BCUT2D eigenvalue weighted by Gasteiger charge is -2.26. The first-order valence-corrected chi connectivity index (χ1v) is 11.1. The summed E-state index contributed by atoms with van der Waals surface area (Å²) in [6, 6.07) is 10.5. The van der Waals surface area contributed by atoms with E-state index in [1.54, 1.807) is 18.2 Å². The molecule has 33 heavy (non-hydrogen) atoms. The Hall–Kier alpha value is -3.56. The highest BCUT2D eigenvalue weighted by Crippen LogP contribution is 2.30. The Morgan fingerprint density at radius 2 is 2.03 bits per heavy atom. The van der Waals surface area contributed by atoms with Crippen LogP contribution < -0.4 is 16.0 Å². The molecule has 0 saturated carbocycles. The lowest BCUT2D eigenvalue weighted by Crippen LogP contribution is -2.37.